The molecule has 0 atom stereocenters. The van der Waals surface area contributed by atoms with Gasteiger partial charge in [-0.1, -0.05) is 124 Å². The van der Waals surface area contributed by atoms with E-state index in [1.807, 2.05) is 59.1 Å². The zero-order valence-corrected chi connectivity index (χ0v) is 35.9. The summed E-state index contributed by atoms with van der Waals surface area (Å²) < 4.78 is 1.36. The summed E-state index contributed by atoms with van der Waals surface area (Å²) in [6, 6.07) is 28.0. The zero-order chi connectivity index (χ0) is 36.9. The van der Waals surface area contributed by atoms with Gasteiger partial charge >= 0.3 is 0 Å². The molecule has 0 amide bonds. The van der Waals surface area contributed by atoms with E-state index in [0.717, 1.165) is 48.7 Å². The van der Waals surface area contributed by atoms with Crippen LogP contribution in [0.5, 0.6) is 0 Å². The molecule has 5 aromatic rings. The summed E-state index contributed by atoms with van der Waals surface area (Å²) in [4.78, 5) is 18.2. The summed E-state index contributed by atoms with van der Waals surface area (Å²) in [6.45, 7) is 23.4. The Kier molecular flexibility index (Phi) is 14.6. The maximum Gasteiger partial charge on any atom is 0.164 e. The van der Waals surface area contributed by atoms with Crippen LogP contribution in [0.1, 0.15) is 113 Å². The molecule has 275 valence electrons. The van der Waals surface area contributed by atoms with E-state index in [4.69, 9.17) is 4.98 Å². The molecular formula is C46H58IrNO2S-. The van der Waals surface area contributed by atoms with E-state index < -0.39 is 0 Å². The quantitative estimate of drug-likeness (QED) is 0.0817. The van der Waals surface area contributed by atoms with Gasteiger partial charge in [0.25, 0.3) is 0 Å². The molecule has 0 spiro atoms. The number of ketones is 1. The summed E-state index contributed by atoms with van der Waals surface area (Å²) in [6.07, 6.45) is 7.81. The molecule has 0 fully saturated rings. The first-order valence-corrected chi connectivity index (χ1v) is 19.3. The molecule has 1 N–H and O–H groups in total. The number of carbonyl (C=O) groups is 1. The van der Waals surface area contributed by atoms with Crippen molar-refractivity contribution in [1.29, 1.82) is 0 Å². The summed E-state index contributed by atoms with van der Waals surface area (Å²) in [5.41, 5.74) is 5.43. The Hall–Kier alpha value is -3.11. The third kappa shape index (κ3) is 10.1. The zero-order valence-electron chi connectivity index (χ0n) is 32.7. The predicted molar refractivity (Wildman–Crippen MR) is 217 cm³/mol. The predicted octanol–water partition coefficient (Wildman–Crippen LogP) is 13.7. The Morgan fingerprint density at radius 3 is 2.12 bits per heavy atom. The number of benzene rings is 3. The van der Waals surface area contributed by atoms with Crippen LogP contribution in [0.15, 0.2) is 84.8 Å². The maximum atomic E-state index is 12.2. The molecule has 0 saturated heterocycles. The number of carbonyl (C=O) groups excluding carboxylic acids is 1. The Bertz CT molecular complexity index is 1950. The van der Waals surface area contributed by atoms with Gasteiger partial charge in [0.1, 0.15) is 5.76 Å². The second kappa shape index (κ2) is 17.6. The molecule has 3 nitrogen and oxygen atoms in total. The molecule has 0 aliphatic rings. The number of pyridine rings is 1. The van der Waals surface area contributed by atoms with Crippen LogP contribution < -0.4 is 0 Å². The largest absolute Gasteiger partial charge is 0.512 e. The fourth-order valence-electron chi connectivity index (χ4n) is 6.22. The normalized spacial score (nSPS) is 12.5. The molecule has 5 heteroatoms. The molecule has 51 heavy (non-hydrogen) atoms. The number of aromatic nitrogens is 1. The van der Waals surface area contributed by atoms with Crippen LogP contribution in [0.3, 0.4) is 0 Å². The van der Waals surface area contributed by atoms with Crippen molar-refractivity contribution >= 4 is 38.0 Å². The van der Waals surface area contributed by atoms with Gasteiger partial charge in [-0.15, -0.1) is 40.5 Å². The van der Waals surface area contributed by atoms with Crippen molar-refractivity contribution in [1.82, 2.24) is 4.98 Å². The van der Waals surface area contributed by atoms with Gasteiger partial charge in [-0.25, -0.2) is 0 Å². The smallest absolute Gasteiger partial charge is 0.164 e. The molecule has 0 bridgehead atoms. The van der Waals surface area contributed by atoms with Crippen LogP contribution in [0.4, 0.5) is 0 Å². The van der Waals surface area contributed by atoms with Crippen LogP contribution in [-0.2, 0) is 36.7 Å². The van der Waals surface area contributed by atoms with Crippen LogP contribution in [0, 0.1) is 22.8 Å². The summed E-state index contributed by atoms with van der Waals surface area (Å²) >= 11 is 1.87. The number of rotatable bonds is 11. The van der Waals surface area contributed by atoms with Crippen molar-refractivity contribution in [3.05, 3.63) is 102 Å². The fraction of sp³-hybridized carbons (Fsp3) is 0.435. The van der Waals surface area contributed by atoms with Crippen LogP contribution >= 0.6 is 11.3 Å². The topological polar surface area (TPSA) is 50.2 Å². The second-order valence-electron chi connectivity index (χ2n) is 15.8. The number of nitrogens with zero attached hydrogens (tertiary/aromatic N) is 1. The van der Waals surface area contributed by atoms with E-state index in [0.29, 0.717) is 5.92 Å². The number of thiophene rings is 1. The van der Waals surface area contributed by atoms with Gasteiger partial charge in [0.2, 0.25) is 0 Å². The first-order chi connectivity index (χ1) is 23.6. The number of aliphatic hydroxyl groups excluding tert-OH is 1. The Morgan fingerprint density at radius 1 is 0.863 bits per heavy atom. The van der Waals surface area contributed by atoms with E-state index in [2.05, 4.69) is 107 Å². The van der Waals surface area contributed by atoms with E-state index in [-0.39, 0.29) is 47.9 Å². The van der Waals surface area contributed by atoms with Crippen molar-refractivity contribution in [2.45, 2.75) is 114 Å². The molecule has 2 aromatic heterocycles. The van der Waals surface area contributed by atoms with E-state index in [1.54, 1.807) is 0 Å². The third-order valence-electron chi connectivity index (χ3n) is 10.7. The van der Waals surface area contributed by atoms with Gasteiger partial charge < -0.3 is 5.11 Å². The van der Waals surface area contributed by atoms with Crippen molar-refractivity contribution in [2.24, 2.45) is 16.7 Å². The standard InChI is InChI=1S/C31H30NS.C15H28O2.Ir/c1-20(2)14-21-10-11-23-19-30(33-29(23)15-21)24-12-13-32-28(18-24)25-16-22-8-6-7-9-26(22)27(17-25)31(3,4)5;1-7-14(5,8-2)12(16)11-13(17)15(6,9-3)10-4;/h6-13,15,17-20H,14H2,1-5H3;11,16H,7-10H2,1-6H3;/q-1;;/b;12-11-;. The van der Waals surface area contributed by atoms with Crippen LogP contribution in [-0.4, -0.2) is 15.9 Å². The molecule has 0 aliphatic carbocycles. The van der Waals surface area contributed by atoms with Crippen molar-refractivity contribution in [3.8, 4) is 21.7 Å². The number of allylic oxidation sites excluding steroid dienone is 2. The minimum Gasteiger partial charge on any atom is -0.512 e. The first kappa shape index (κ1) is 42.3. The summed E-state index contributed by atoms with van der Waals surface area (Å²) in [5, 5.41) is 13.9. The minimum absolute atomic E-state index is 0. The van der Waals surface area contributed by atoms with Gasteiger partial charge in [0.15, 0.2) is 5.78 Å². The molecule has 3 aromatic carbocycles. The van der Waals surface area contributed by atoms with Crippen molar-refractivity contribution < 1.29 is 30.0 Å². The molecule has 0 aliphatic heterocycles. The van der Waals surface area contributed by atoms with Crippen molar-refractivity contribution in [3.63, 3.8) is 0 Å². The van der Waals surface area contributed by atoms with E-state index in [9.17, 15) is 9.90 Å². The van der Waals surface area contributed by atoms with Gasteiger partial charge in [-0.2, -0.15) is 0 Å². The monoisotopic (exact) mass is 881 g/mol. The van der Waals surface area contributed by atoms with E-state index in [1.165, 1.54) is 43.1 Å². The molecular weight excluding hydrogens is 823 g/mol. The number of hydrogen-bond acceptors (Lipinski definition) is 4. The molecule has 2 heterocycles. The molecule has 0 unspecified atom stereocenters. The third-order valence-corrected chi connectivity index (χ3v) is 11.9. The molecule has 1 radical (unpaired) electrons. The van der Waals surface area contributed by atoms with Crippen LogP contribution in [0.25, 0.3) is 42.6 Å². The Labute approximate surface area is 325 Å². The van der Waals surface area contributed by atoms with Crippen LogP contribution in [0.2, 0.25) is 0 Å². The minimum atomic E-state index is -0.337. The van der Waals surface area contributed by atoms with Gasteiger partial charge in [0.05, 0.1) is 0 Å². The average molecular weight is 881 g/mol. The second-order valence-corrected chi connectivity index (χ2v) is 16.9. The van der Waals surface area contributed by atoms with Gasteiger partial charge in [-0.3, -0.25) is 9.78 Å². The summed E-state index contributed by atoms with van der Waals surface area (Å²) in [7, 11) is 0. The number of aliphatic hydroxyl groups is 1. The summed E-state index contributed by atoms with van der Waals surface area (Å²) in [5.74, 6) is 0.953. The number of fused-ring (bicyclic) bond motifs is 2. The Balaban J connectivity index is 0.000000335. The SMILES string of the molecule is CC(C)Cc1ccc2cc(-c3ccnc(-c4[c-]c5ccccc5c(C(C)(C)C)c4)c3)sc2c1.CCC(C)(CC)C(=O)/C=C(\O)C(C)(CC)CC.[Ir]. The van der Waals surface area contributed by atoms with Gasteiger partial charge in [0, 0.05) is 58.5 Å². The average Bonchev–Trinajstić information content (AvgIpc) is 3.53. The Morgan fingerprint density at radius 2 is 1.51 bits per heavy atom. The first-order valence-electron chi connectivity index (χ1n) is 18.5. The number of hydrogen-bond donors (Lipinski definition) is 1. The fourth-order valence-corrected chi connectivity index (χ4v) is 7.34. The molecule has 5 rings (SSSR count). The van der Waals surface area contributed by atoms with Crippen molar-refractivity contribution in [2.75, 3.05) is 0 Å². The van der Waals surface area contributed by atoms with Gasteiger partial charge in [-0.05, 0) is 78.1 Å². The maximum absolute atomic E-state index is 12.2. The molecule has 0 saturated carbocycles. The van der Waals surface area contributed by atoms with E-state index >= 15 is 0 Å².